The summed E-state index contributed by atoms with van der Waals surface area (Å²) in [6.45, 7) is -0.264. The van der Waals surface area contributed by atoms with Crippen molar-refractivity contribution in [2.45, 2.75) is 6.61 Å². The molecule has 0 amide bonds. The normalized spacial score (nSPS) is 11.3. The molecule has 0 radical (unpaired) electrons. The van der Waals surface area contributed by atoms with Crippen LogP contribution in [0.3, 0.4) is 0 Å². The first-order valence-corrected chi connectivity index (χ1v) is 6.95. The van der Waals surface area contributed by atoms with E-state index in [0.717, 1.165) is 5.56 Å². The molecular formula is C11H15NO5S. The number of hydrogen-bond acceptors (Lipinski definition) is 4. The molecule has 0 fully saturated rings. The van der Waals surface area contributed by atoms with Crippen LogP contribution in [0, 0.1) is 0 Å². The molecule has 0 saturated heterocycles. The van der Waals surface area contributed by atoms with Gasteiger partial charge in [0.05, 0.1) is 19.0 Å². The molecule has 1 rings (SSSR count). The molecule has 6 nitrogen and oxygen atoms in total. The third kappa shape index (κ3) is 6.33. The number of ether oxygens (including phenoxy) is 1. The molecule has 0 heterocycles. The van der Waals surface area contributed by atoms with Crippen molar-refractivity contribution in [1.29, 1.82) is 0 Å². The number of carbonyl (C=O) groups is 1. The van der Waals surface area contributed by atoms with Gasteiger partial charge < -0.3 is 9.84 Å². The third-order valence-electron chi connectivity index (χ3n) is 2.05. The topological polar surface area (TPSA) is 92.7 Å². The summed E-state index contributed by atoms with van der Waals surface area (Å²) in [6.07, 6.45) is 0. The van der Waals surface area contributed by atoms with Crippen LogP contribution in [0.5, 0.6) is 0 Å². The van der Waals surface area contributed by atoms with Crippen molar-refractivity contribution >= 4 is 16.0 Å². The van der Waals surface area contributed by atoms with Gasteiger partial charge in [0.2, 0.25) is 10.0 Å². The van der Waals surface area contributed by atoms with Gasteiger partial charge in [0, 0.05) is 0 Å². The maximum Gasteiger partial charge on any atom is 0.318 e. The highest BCUT2D eigenvalue weighted by molar-refractivity contribution is 7.89. The second-order valence-corrected chi connectivity index (χ2v) is 5.50. The molecule has 0 bridgehead atoms. The van der Waals surface area contributed by atoms with Crippen LogP contribution in [-0.2, 0) is 26.2 Å². The molecule has 0 unspecified atom stereocenters. The second-order valence-electron chi connectivity index (χ2n) is 3.57. The van der Waals surface area contributed by atoms with Gasteiger partial charge in [-0.2, -0.15) is 0 Å². The molecule has 0 aromatic heterocycles. The van der Waals surface area contributed by atoms with Crippen molar-refractivity contribution in [1.82, 2.24) is 4.72 Å². The predicted molar refractivity (Wildman–Crippen MR) is 65.5 cm³/mol. The highest BCUT2D eigenvalue weighted by Gasteiger charge is 2.11. The fourth-order valence-corrected chi connectivity index (χ4v) is 2.00. The van der Waals surface area contributed by atoms with Gasteiger partial charge >= 0.3 is 5.97 Å². The summed E-state index contributed by atoms with van der Waals surface area (Å²) < 4.78 is 29.7. The first-order valence-electron chi connectivity index (χ1n) is 5.30. The van der Waals surface area contributed by atoms with Crippen molar-refractivity contribution in [3.05, 3.63) is 35.9 Å². The Kier molecular flexibility index (Phi) is 5.76. The summed E-state index contributed by atoms with van der Waals surface area (Å²) in [5.41, 5.74) is 0.952. The summed E-state index contributed by atoms with van der Waals surface area (Å²) >= 11 is 0. The summed E-state index contributed by atoms with van der Waals surface area (Å²) in [6, 6.07) is 9.35. The standard InChI is InChI=1S/C11H15NO5S/c13-11(14)8-12-18(15,16)7-6-17-9-10-4-2-1-3-5-10/h1-5,12H,6-9H2,(H,13,14). The van der Waals surface area contributed by atoms with E-state index in [1.54, 1.807) is 0 Å². The van der Waals surface area contributed by atoms with Gasteiger partial charge in [0.1, 0.15) is 6.54 Å². The second kappa shape index (κ2) is 7.10. The lowest BCUT2D eigenvalue weighted by atomic mass is 10.2. The smallest absolute Gasteiger partial charge is 0.318 e. The number of sulfonamides is 1. The highest BCUT2D eigenvalue weighted by Crippen LogP contribution is 2.00. The number of aliphatic carboxylic acids is 1. The quantitative estimate of drug-likeness (QED) is 0.660. The SMILES string of the molecule is O=C(O)CNS(=O)(=O)CCOCc1ccccc1. The summed E-state index contributed by atoms with van der Waals surface area (Å²) in [4.78, 5) is 10.2. The largest absolute Gasteiger partial charge is 0.480 e. The van der Waals surface area contributed by atoms with Crippen LogP contribution in [0.15, 0.2) is 30.3 Å². The Hall–Kier alpha value is -1.44. The van der Waals surface area contributed by atoms with Gasteiger partial charge in [-0.05, 0) is 5.56 Å². The fourth-order valence-electron chi connectivity index (χ4n) is 1.18. The van der Waals surface area contributed by atoms with Crippen LogP contribution in [0.2, 0.25) is 0 Å². The van der Waals surface area contributed by atoms with Crippen LogP contribution in [0.4, 0.5) is 0 Å². The Labute approximate surface area is 106 Å². The monoisotopic (exact) mass is 273 g/mol. The van der Waals surface area contributed by atoms with E-state index in [1.165, 1.54) is 0 Å². The van der Waals surface area contributed by atoms with Gasteiger partial charge in [-0.3, -0.25) is 4.79 Å². The molecular weight excluding hydrogens is 258 g/mol. The maximum atomic E-state index is 11.3. The van der Waals surface area contributed by atoms with Gasteiger partial charge in [-0.15, -0.1) is 0 Å². The van der Waals surface area contributed by atoms with Gasteiger partial charge in [-0.1, -0.05) is 30.3 Å². The number of benzene rings is 1. The predicted octanol–water partition coefficient (Wildman–Crippen LogP) is 0.207. The zero-order valence-electron chi connectivity index (χ0n) is 9.70. The van der Waals surface area contributed by atoms with Crippen LogP contribution < -0.4 is 4.72 Å². The Morgan fingerprint density at radius 1 is 1.28 bits per heavy atom. The molecule has 1 aromatic rings. The maximum absolute atomic E-state index is 11.3. The Morgan fingerprint density at radius 3 is 2.56 bits per heavy atom. The van der Waals surface area contributed by atoms with Crippen LogP contribution in [-0.4, -0.2) is 38.4 Å². The van der Waals surface area contributed by atoms with Crippen LogP contribution in [0.25, 0.3) is 0 Å². The molecule has 100 valence electrons. The lowest BCUT2D eigenvalue weighted by Gasteiger charge is -2.06. The Balaban J connectivity index is 2.23. The van der Waals surface area contributed by atoms with Crippen molar-refractivity contribution in [2.24, 2.45) is 0 Å². The van der Waals surface area contributed by atoms with Crippen LogP contribution in [0.1, 0.15) is 5.56 Å². The van der Waals surface area contributed by atoms with E-state index >= 15 is 0 Å². The molecule has 7 heteroatoms. The van der Waals surface area contributed by atoms with Crippen molar-refractivity contribution in [3.8, 4) is 0 Å². The van der Waals surface area contributed by atoms with Gasteiger partial charge in [-0.25, -0.2) is 13.1 Å². The zero-order chi connectivity index (χ0) is 13.4. The van der Waals surface area contributed by atoms with Crippen LogP contribution >= 0.6 is 0 Å². The Morgan fingerprint density at radius 2 is 1.94 bits per heavy atom. The number of hydrogen-bond donors (Lipinski definition) is 2. The number of carboxylic acid groups (broad SMARTS) is 1. The number of rotatable bonds is 8. The lowest BCUT2D eigenvalue weighted by molar-refractivity contribution is -0.135. The molecule has 18 heavy (non-hydrogen) atoms. The van der Waals surface area contributed by atoms with E-state index in [4.69, 9.17) is 9.84 Å². The molecule has 0 saturated carbocycles. The van der Waals surface area contributed by atoms with E-state index in [1.807, 2.05) is 35.1 Å². The van der Waals surface area contributed by atoms with Crippen molar-refractivity contribution in [2.75, 3.05) is 18.9 Å². The average molecular weight is 273 g/mol. The van der Waals surface area contributed by atoms with Crippen molar-refractivity contribution in [3.63, 3.8) is 0 Å². The minimum atomic E-state index is -3.59. The molecule has 0 aliphatic carbocycles. The van der Waals surface area contributed by atoms with E-state index in [-0.39, 0.29) is 12.4 Å². The van der Waals surface area contributed by atoms with E-state index in [9.17, 15) is 13.2 Å². The minimum Gasteiger partial charge on any atom is -0.480 e. The molecule has 1 aromatic carbocycles. The number of carboxylic acids is 1. The van der Waals surface area contributed by atoms with Crippen molar-refractivity contribution < 1.29 is 23.1 Å². The first-order chi connectivity index (χ1) is 8.49. The van der Waals surface area contributed by atoms with Gasteiger partial charge in [0.15, 0.2) is 0 Å². The fraction of sp³-hybridized carbons (Fsp3) is 0.364. The first kappa shape index (κ1) is 14.6. The van der Waals surface area contributed by atoms with E-state index < -0.39 is 22.5 Å². The number of nitrogens with one attached hydrogen (secondary N) is 1. The average Bonchev–Trinajstić information content (AvgIpc) is 2.34. The summed E-state index contributed by atoms with van der Waals surface area (Å²) in [5, 5.41) is 8.34. The molecule has 2 N–H and O–H groups in total. The third-order valence-corrected chi connectivity index (χ3v) is 3.34. The molecule has 0 aliphatic heterocycles. The van der Waals surface area contributed by atoms with Gasteiger partial charge in [0.25, 0.3) is 0 Å². The minimum absolute atomic E-state index is 0.0177. The van der Waals surface area contributed by atoms with E-state index in [2.05, 4.69) is 0 Å². The Bertz CT molecular complexity index is 471. The van der Waals surface area contributed by atoms with E-state index in [0.29, 0.717) is 6.61 Å². The molecule has 0 spiro atoms. The summed E-state index contributed by atoms with van der Waals surface area (Å²) in [7, 11) is -3.59. The molecule has 0 atom stereocenters. The molecule has 0 aliphatic rings. The summed E-state index contributed by atoms with van der Waals surface area (Å²) in [5.74, 6) is -1.48. The lowest BCUT2D eigenvalue weighted by Crippen LogP contribution is -2.32. The highest BCUT2D eigenvalue weighted by atomic mass is 32.2. The zero-order valence-corrected chi connectivity index (χ0v) is 10.5.